The van der Waals surface area contributed by atoms with Gasteiger partial charge in [-0.15, -0.1) is 0 Å². The van der Waals surface area contributed by atoms with Crippen molar-refractivity contribution in [2.75, 3.05) is 48.8 Å². The molecule has 0 aromatic carbocycles. The third-order valence-electron chi connectivity index (χ3n) is 2.58. The maximum absolute atomic E-state index is 9.90. The first-order valence-corrected chi connectivity index (χ1v) is 5.40. The molecule has 0 saturated heterocycles. The molecule has 104 valence electrons. The van der Waals surface area contributed by atoms with Crippen molar-refractivity contribution in [3.63, 3.8) is 0 Å². The Labute approximate surface area is 103 Å². The average molecular weight is 252 g/mol. The number of rotatable bonds is 10. The summed E-state index contributed by atoms with van der Waals surface area (Å²) >= 11 is 0. The highest BCUT2D eigenvalue weighted by Gasteiger charge is 2.34. The van der Waals surface area contributed by atoms with Crippen molar-refractivity contribution >= 4 is 0 Å². The summed E-state index contributed by atoms with van der Waals surface area (Å²) < 4.78 is 25.8. The van der Waals surface area contributed by atoms with Crippen LogP contribution in [0.25, 0.3) is 0 Å². The van der Waals surface area contributed by atoms with Gasteiger partial charge >= 0.3 is 0 Å². The van der Waals surface area contributed by atoms with Crippen LogP contribution in [-0.4, -0.2) is 78.3 Å². The number of ether oxygens (including phenoxy) is 5. The molecule has 0 aromatic heterocycles. The van der Waals surface area contributed by atoms with Crippen LogP contribution in [0.15, 0.2) is 0 Å². The molecule has 0 rings (SSSR count). The van der Waals surface area contributed by atoms with Gasteiger partial charge in [0.2, 0.25) is 0 Å². The van der Waals surface area contributed by atoms with E-state index in [1.165, 1.54) is 21.3 Å². The number of hydrogen-bond donors (Lipinski definition) is 1. The van der Waals surface area contributed by atoms with Crippen molar-refractivity contribution in [3.05, 3.63) is 0 Å². The fourth-order valence-electron chi connectivity index (χ4n) is 1.73. The van der Waals surface area contributed by atoms with E-state index in [0.29, 0.717) is 6.61 Å². The molecular weight excluding hydrogens is 228 g/mol. The third-order valence-corrected chi connectivity index (χ3v) is 2.58. The lowest BCUT2D eigenvalue weighted by Crippen LogP contribution is -2.50. The Morgan fingerprint density at radius 2 is 1.29 bits per heavy atom. The summed E-state index contributed by atoms with van der Waals surface area (Å²) in [5, 5.41) is 9.90. The Morgan fingerprint density at radius 3 is 1.65 bits per heavy atom. The smallest absolute Gasteiger partial charge is 0.114 e. The quantitative estimate of drug-likeness (QED) is 0.575. The van der Waals surface area contributed by atoms with Gasteiger partial charge in [-0.1, -0.05) is 0 Å². The molecule has 0 unspecified atom stereocenters. The van der Waals surface area contributed by atoms with Crippen LogP contribution in [0.1, 0.15) is 0 Å². The molecule has 0 heterocycles. The second-order valence-electron chi connectivity index (χ2n) is 3.65. The maximum atomic E-state index is 9.90. The van der Waals surface area contributed by atoms with Crippen LogP contribution in [0, 0.1) is 0 Å². The van der Waals surface area contributed by atoms with Crippen LogP contribution < -0.4 is 0 Å². The molecule has 1 N–H and O–H groups in total. The van der Waals surface area contributed by atoms with Crippen molar-refractivity contribution in [3.8, 4) is 0 Å². The van der Waals surface area contributed by atoms with E-state index in [9.17, 15) is 5.11 Å². The Hall–Kier alpha value is -0.240. The van der Waals surface area contributed by atoms with E-state index in [2.05, 4.69) is 0 Å². The normalized spacial score (nSPS) is 18.7. The SMILES string of the molecule is COC[C@H](OC)[C@@H](OC)[C@@H](OC)[C@@H](O)COC. The summed E-state index contributed by atoms with van der Waals surface area (Å²) in [5.74, 6) is 0. The summed E-state index contributed by atoms with van der Waals surface area (Å²) in [5.41, 5.74) is 0. The summed E-state index contributed by atoms with van der Waals surface area (Å²) in [7, 11) is 7.70. The largest absolute Gasteiger partial charge is 0.388 e. The molecule has 0 saturated carbocycles. The van der Waals surface area contributed by atoms with Crippen molar-refractivity contribution in [1.29, 1.82) is 0 Å². The van der Waals surface area contributed by atoms with Gasteiger partial charge < -0.3 is 28.8 Å². The molecule has 0 aliphatic heterocycles. The average Bonchev–Trinajstić information content (AvgIpc) is 2.33. The van der Waals surface area contributed by atoms with Crippen LogP contribution in [0.3, 0.4) is 0 Å². The Bertz CT molecular complexity index is 177. The number of aliphatic hydroxyl groups is 1. The predicted octanol–water partition coefficient (Wildman–Crippen LogP) is -0.315. The van der Waals surface area contributed by atoms with Gasteiger partial charge in [-0.2, -0.15) is 0 Å². The first kappa shape index (κ1) is 16.8. The molecule has 0 spiro atoms. The van der Waals surface area contributed by atoms with Crippen LogP contribution >= 0.6 is 0 Å². The van der Waals surface area contributed by atoms with E-state index in [1.54, 1.807) is 14.2 Å². The lowest BCUT2D eigenvalue weighted by molar-refractivity contribution is -0.160. The zero-order valence-electron chi connectivity index (χ0n) is 11.2. The van der Waals surface area contributed by atoms with Crippen LogP contribution in [0.2, 0.25) is 0 Å². The molecule has 0 aliphatic rings. The van der Waals surface area contributed by atoms with Gasteiger partial charge in [-0.3, -0.25) is 0 Å². The van der Waals surface area contributed by atoms with Gasteiger partial charge in [0.05, 0.1) is 13.2 Å². The van der Waals surface area contributed by atoms with Gasteiger partial charge in [-0.25, -0.2) is 0 Å². The van der Waals surface area contributed by atoms with E-state index in [0.717, 1.165) is 0 Å². The summed E-state index contributed by atoms with van der Waals surface area (Å²) in [6, 6.07) is 0. The standard InChI is InChI=1S/C11H24O6/c1-13-6-8(12)10(16-4)11(17-5)9(15-3)7-14-2/h8-12H,6-7H2,1-5H3/t8-,9-,10-,11+/m0/s1. The zero-order chi connectivity index (χ0) is 13.3. The van der Waals surface area contributed by atoms with E-state index < -0.39 is 18.3 Å². The summed E-state index contributed by atoms with van der Waals surface area (Å²) in [6.07, 6.45) is -2.08. The first-order valence-electron chi connectivity index (χ1n) is 5.40. The molecular formula is C11H24O6. The third kappa shape index (κ3) is 5.29. The summed E-state index contributed by atoms with van der Waals surface area (Å²) in [6.45, 7) is 0.524. The van der Waals surface area contributed by atoms with Crippen LogP contribution in [0.5, 0.6) is 0 Å². The van der Waals surface area contributed by atoms with Crippen LogP contribution in [0.4, 0.5) is 0 Å². The Balaban J connectivity index is 4.64. The van der Waals surface area contributed by atoms with E-state index in [4.69, 9.17) is 23.7 Å². The number of methoxy groups -OCH3 is 5. The van der Waals surface area contributed by atoms with Gasteiger partial charge in [0.15, 0.2) is 0 Å². The van der Waals surface area contributed by atoms with E-state index in [-0.39, 0.29) is 12.7 Å². The minimum absolute atomic E-state index is 0.168. The van der Waals surface area contributed by atoms with Gasteiger partial charge in [0, 0.05) is 35.5 Å². The molecule has 0 amide bonds. The van der Waals surface area contributed by atoms with Crippen molar-refractivity contribution in [2.45, 2.75) is 24.4 Å². The number of hydrogen-bond acceptors (Lipinski definition) is 6. The second kappa shape index (κ2) is 9.76. The molecule has 0 aliphatic carbocycles. The highest BCUT2D eigenvalue weighted by molar-refractivity contribution is 4.84. The summed E-state index contributed by atoms with van der Waals surface area (Å²) in [4.78, 5) is 0. The zero-order valence-corrected chi connectivity index (χ0v) is 11.2. The molecule has 0 bridgehead atoms. The Kier molecular flexibility index (Phi) is 9.62. The molecule has 0 fully saturated rings. The molecule has 0 radical (unpaired) electrons. The second-order valence-corrected chi connectivity index (χ2v) is 3.65. The molecule has 4 atom stereocenters. The van der Waals surface area contributed by atoms with Crippen molar-refractivity contribution in [1.82, 2.24) is 0 Å². The fourth-order valence-corrected chi connectivity index (χ4v) is 1.73. The Morgan fingerprint density at radius 1 is 0.765 bits per heavy atom. The highest BCUT2D eigenvalue weighted by atomic mass is 16.6. The molecule has 6 heteroatoms. The minimum atomic E-state index is -0.788. The van der Waals surface area contributed by atoms with Gasteiger partial charge in [0.25, 0.3) is 0 Å². The van der Waals surface area contributed by atoms with E-state index in [1.807, 2.05) is 0 Å². The topological polar surface area (TPSA) is 66.4 Å². The van der Waals surface area contributed by atoms with E-state index >= 15 is 0 Å². The monoisotopic (exact) mass is 252 g/mol. The highest BCUT2D eigenvalue weighted by Crippen LogP contribution is 2.15. The van der Waals surface area contributed by atoms with Crippen molar-refractivity contribution in [2.24, 2.45) is 0 Å². The minimum Gasteiger partial charge on any atom is -0.388 e. The lowest BCUT2D eigenvalue weighted by atomic mass is 10.0. The van der Waals surface area contributed by atoms with Crippen LogP contribution in [-0.2, 0) is 23.7 Å². The lowest BCUT2D eigenvalue weighted by Gasteiger charge is -2.33. The molecule has 6 nitrogen and oxygen atoms in total. The number of aliphatic hydroxyl groups excluding tert-OH is 1. The molecule has 17 heavy (non-hydrogen) atoms. The first-order chi connectivity index (χ1) is 8.15. The molecule has 0 aromatic rings. The van der Waals surface area contributed by atoms with Crippen molar-refractivity contribution < 1.29 is 28.8 Å². The fraction of sp³-hybridized carbons (Fsp3) is 1.00. The predicted molar refractivity (Wildman–Crippen MR) is 62.1 cm³/mol. The van der Waals surface area contributed by atoms with Gasteiger partial charge in [0.1, 0.15) is 24.4 Å². The van der Waals surface area contributed by atoms with Gasteiger partial charge in [-0.05, 0) is 0 Å². The maximum Gasteiger partial charge on any atom is 0.114 e.